The summed E-state index contributed by atoms with van der Waals surface area (Å²) in [6, 6.07) is 8.66. The van der Waals surface area contributed by atoms with Gasteiger partial charge in [0, 0.05) is 0 Å². The summed E-state index contributed by atoms with van der Waals surface area (Å²) < 4.78 is 49.0. The molecule has 2 rings (SSSR count). The number of halogens is 4. The van der Waals surface area contributed by atoms with E-state index >= 15 is 0 Å². The predicted octanol–water partition coefficient (Wildman–Crippen LogP) is 5.38. The van der Waals surface area contributed by atoms with Crippen molar-refractivity contribution in [2.75, 3.05) is 23.8 Å². The summed E-state index contributed by atoms with van der Waals surface area (Å²) in [5.74, 6) is -1.14. The fraction of sp³-hybridized carbons (Fsp3) is 0.364. The third kappa shape index (κ3) is 7.05. The fourth-order valence-electron chi connectivity index (χ4n) is 2.74. The van der Waals surface area contributed by atoms with Gasteiger partial charge >= 0.3 is 12.1 Å². The molecule has 6 nitrogen and oxygen atoms in total. The maximum absolute atomic E-state index is 12.8. The smallest absolute Gasteiger partial charge is 0.416 e. The van der Waals surface area contributed by atoms with Gasteiger partial charge in [0.05, 0.1) is 28.6 Å². The monoisotopic (exact) mass is 472 g/mol. The van der Waals surface area contributed by atoms with Crippen molar-refractivity contribution in [3.8, 4) is 5.75 Å². The molecule has 0 aliphatic heterocycles. The van der Waals surface area contributed by atoms with Crippen LogP contribution in [0.25, 0.3) is 0 Å². The lowest BCUT2D eigenvalue weighted by Crippen LogP contribution is -2.37. The van der Waals surface area contributed by atoms with Crippen LogP contribution in [0.4, 0.5) is 24.5 Å². The van der Waals surface area contributed by atoms with Gasteiger partial charge in [-0.25, -0.2) is 4.79 Å². The first-order chi connectivity index (χ1) is 15.0. The van der Waals surface area contributed by atoms with Crippen LogP contribution in [0.2, 0.25) is 5.02 Å². The molecular formula is C22H24ClF3N2O4. The number of para-hydroxylation sites is 2. The number of nitrogens with one attached hydrogen (secondary N) is 2. The van der Waals surface area contributed by atoms with Crippen LogP contribution >= 0.6 is 11.6 Å². The molecule has 0 heterocycles. The van der Waals surface area contributed by atoms with Crippen molar-refractivity contribution in [2.45, 2.75) is 33.0 Å². The lowest BCUT2D eigenvalue weighted by Gasteiger charge is -2.23. The summed E-state index contributed by atoms with van der Waals surface area (Å²) in [6.45, 7) is 5.11. The Morgan fingerprint density at radius 2 is 1.78 bits per heavy atom. The number of amides is 1. The number of carbonyl (C=O) groups excluding carboxylic acids is 2. The van der Waals surface area contributed by atoms with E-state index in [9.17, 15) is 22.8 Å². The zero-order chi connectivity index (χ0) is 23.9. The molecule has 10 heteroatoms. The molecule has 1 atom stereocenters. The van der Waals surface area contributed by atoms with Crippen LogP contribution < -0.4 is 15.4 Å². The van der Waals surface area contributed by atoms with Crippen molar-refractivity contribution >= 4 is 34.9 Å². The van der Waals surface area contributed by atoms with E-state index < -0.39 is 36.3 Å². The van der Waals surface area contributed by atoms with Crippen LogP contribution in [0.5, 0.6) is 5.75 Å². The van der Waals surface area contributed by atoms with Crippen LogP contribution in [0.15, 0.2) is 42.5 Å². The normalized spacial score (nSPS) is 12.2. The predicted molar refractivity (Wildman–Crippen MR) is 116 cm³/mol. The molecule has 0 spiro atoms. The number of hydrogen-bond acceptors (Lipinski definition) is 5. The van der Waals surface area contributed by atoms with Gasteiger partial charge in [0.25, 0.3) is 5.91 Å². The first-order valence-electron chi connectivity index (χ1n) is 9.84. The summed E-state index contributed by atoms with van der Waals surface area (Å²) in [7, 11) is 0. The van der Waals surface area contributed by atoms with Crippen molar-refractivity contribution in [1.82, 2.24) is 0 Å². The highest BCUT2D eigenvalue weighted by molar-refractivity contribution is 6.33. The molecule has 0 fully saturated rings. The van der Waals surface area contributed by atoms with Gasteiger partial charge in [0.1, 0.15) is 11.8 Å². The van der Waals surface area contributed by atoms with Gasteiger partial charge in [-0.1, -0.05) is 37.6 Å². The largest absolute Gasteiger partial charge is 0.492 e. The molecule has 0 saturated heterocycles. The zero-order valence-corrected chi connectivity index (χ0v) is 18.5. The van der Waals surface area contributed by atoms with Crippen molar-refractivity contribution in [3.63, 3.8) is 0 Å². The number of hydrogen-bond donors (Lipinski definition) is 2. The van der Waals surface area contributed by atoms with Crippen LogP contribution in [0.1, 0.15) is 26.3 Å². The van der Waals surface area contributed by atoms with E-state index in [1.54, 1.807) is 38.1 Å². The SMILES string of the molecule is CCOc1ccccc1NC(=O)COC(=O)[C@@H](Nc1ccc(C(F)(F)F)cc1Cl)C(C)C. The quantitative estimate of drug-likeness (QED) is 0.479. The summed E-state index contributed by atoms with van der Waals surface area (Å²) in [4.78, 5) is 24.8. The Hall–Kier alpha value is -2.94. The van der Waals surface area contributed by atoms with Crippen LogP contribution in [-0.2, 0) is 20.5 Å². The Morgan fingerprint density at radius 1 is 1.09 bits per heavy atom. The molecule has 0 aliphatic rings. The van der Waals surface area contributed by atoms with Crippen molar-refractivity contribution in [3.05, 3.63) is 53.1 Å². The Balaban J connectivity index is 2.01. The second kappa shape index (κ2) is 11.1. The molecule has 32 heavy (non-hydrogen) atoms. The summed E-state index contributed by atoms with van der Waals surface area (Å²) in [5.41, 5.74) is -0.323. The Labute approximate surface area is 189 Å². The minimum Gasteiger partial charge on any atom is -0.492 e. The highest BCUT2D eigenvalue weighted by Gasteiger charge is 2.31. The third-order valence-electron chi connectivity index (χ3n) is 4.33. The van der Waals surface area contributed by atoms with E-state index in [0.29, 0.717) is 18.0 Å². The van der Waals surface area contributed by atoms with Gasteiger partial charge in [-0.05, 0) is 43.2 Å². The topological polar surface area (TPSA) is 76.7 Å². The number of rotatable bonds is 9. The minimum atomic E-state index is -4.54. The van der Waals surface area contributed by atoms with Gasteiger partial charge in [-0.15, -0.1) is 0 Å². The summed E-state index contributed by atoms with van der Waals surface area (Å²) in [5, 5.41) is 5.22. The van der Waals surface area contributed by atoms with E-state index in [1.807, 2.05) is 6.92 Å². The molecule has 0 aromatic heterocycles. The number of ether oxygens (including phenoxy) is 2. The fourth-order valence-corrected chi connectivity index (χ4v) is 2.97. The van der Waals surface area contributed by atoms with Gasteiger partial charge in [0.2, 0.25) is 0 Å². The molecule has 2 N–H and O–H groups in total. The molecule has 0 aliphatic carbocycles. The number of anilines is 2. The second-order valence-corrected chi connectivity index (χ2v) is 7.55. The van der Waals surface area contributed by atoms with Crippen molar-refractivity contribution in [2.24, 2.45) is 5.92 Å². The van der Waals surface area contributed by atoms with Crippen molar-refractivity contribution in [1.29, 1.82) is 0 Å². The number of alkyl halides is 3. The van der Waals surface area contributed by atoms with Gasteiger partial charge in [-0.2, -0.15) is 13.2 Å². The minimum absolute atomic E-state index is 0.144. The lowest BCUT2D eigenvalue weighted by atomic mass is 10.0. The lowest BCUT2D eigenvalue weighted by molar-refractivity contribution is -0.149. The van der Waals surface area contributed by atoms with E-state index in [2.05, 4.69) is 10.6 Å². The molecule has 0 radical (unpaired) electrons. The molecular weight excluding hydrogens is 449 g/mol. The van der Waals surface area contributed by atoms with Gasteiger partial charge in [-0.3, -0.25) is 4.79 Å². The molecule has 174 valence electrons. The summed E-state index contributed by atoms with van der Waals surface area (Å²) >= 11 is 5.96. The standard InChI is InChI=1S/C22H24ClF3N2O4/c1-4-31-18-8-6-5-7-17(18)27-19(29)12-32-21(30)20(13(2)3)28-16-10-9-14(11-15(16)23)22(24,25)26/h5-11,13,20,28H,4,12H2,1-3H3,(H,27,29)/t20-/m0/s1. The van der Waals surface area contributed by atoms with E-state index in [-0.39, 0.29) is 16.6 Å². The summed E-state index contributed by atoms with van der Waals surface area (Å²) in [6.07, 6.45) is -4.54. The van der Waals surface area contributed by atoms with E-state index in [0.717, 1.165) is 18.2 Å². The average Bonchev–Trinajstić information content (AvgIpc) is 2.71. The highest BCUT2D eigenvalue weighted by atomic mass is 35.5. The molecule has 2 aromatic carbocycles. The Kier molecular flexibility index (Phi) is 8.77. The zero-order valence-electron chi connectivity index (χ0n) is 17.8. The molecule has 1 amide bonds. The molecule has 0 saturated carbocycles. The van der Waals surface area contributed by atoms with E-state index in [4.69, 9.17) is 21.1 Å². The number of carbonyl (C=O) groups is 2. The Morgan fingerprint density at radius 3 is 2.38 bits per heavy atom. The Bertz CT molecular complexity index is 951. The van der Waals surface area contributed by atoms with E-state index in [1.165, 1.54) is 0 Å². The maximum atomic E-state index is 12.8. The second-order valence-electron chi connectivity index (χ2n) is 7.14. The average molecular weight is 473 g/mol. The number of benzene rings is 2. The molecule has 0 unspecified atom stereocenters. The first-order valence-corrected chi connectivity index (χ1v) is 10.2. The van der Waals surface area contributed by atoms with Gasteiger partial charge in [0.15, 0.2) is 6.61 Å². The van der Waals surface area contributed by atoms with Crippen molar-refractivity contribution < 1.29 is 32.2 Å². The first kappa shape index (κ1) is 25.3. The highest BCUT2D eigenvalue weighted by Crippen LogP contribution is 2.34. The molecule has 2 aromatic rings. The maximum Gasteiger partial charge on any atom is 0.416 e. The van der Waals surface area contributed by atoms with Crippen LogP contribution in [0.3, 0.4) is 0 Å². The van der Waals surface area contributed by atoms with Crippen LogP contribution in [0, 0.1) is 5.92 Å². The van der Waals surface area contributed by atoms with Gasteiger partial charge < -0.3 is 20.1 Å². The number of esters is 1. The molecule has 0 bridgehead atoms. The van der Waals surface area contributed by atoms with Crippen LogP contribution in [-0.4, -0.2) is 31.1 Å². The third-order valence-corrected chi connectivity index (χ3v) is 4.65.